The van der Waals surface area contributed by atoms with E-state index in [9.17, 15) is 0 Å². The van der Waals surface area contributed by atoms with Crippen LogP contribution < -0.4 is 0 Å². The summed E-state index contributed by atoms with van der Waals surface area (Å²) in [5.41, 5.74) is 8.97. The minimum atomic E-state index is 1.19. The first-order valence-corrected chi connectivity index (χ1v) is 11.0. The third-order valence-electron chi connectivity index (χ3n) is 5.75. The van der Waals surface area contributed by atoms with E-state index in [-0.39, 0.29) is 0 Å². The number of aryl methyl sites for hydroxylation is 2. The van der Waals surface area contributed by atoms with Gasteiger partial charge in [0.25, 0.3) is 0 Å². The molecule has 2 aromatic carbocycles. The Morgan fingerprint density at radius 1 is 1.04 bits per heavy atom. The molecule has 0 saturated carbocycles. The van der Waals surface area contributed by atoms with Crippen LogP contribution in [0.2, 0.25) is 0 Å². The zero-order chi connectivity index (χ0) is 17.0. The molecule has 0 bridgehead atoms. The molecule has 2 heteroatoms. The van der Waals surface area contributed by atoms with Crippen molar-refractivity contribution in [2.75, 3.05) is 5.75 Å². The summed E-state index contributed by atoms with van der Waals surface area (Å²) in [6.45, 7) is 2.24. The topological polar surface area (TPSA) is 0 Å². The Hall–Kier alpha value is -1.25. The number of benzene rings is 2. The molecule has 0 nitrogen and oxygen atoms in total. The highest BCUT2D eigenvalue weighted by molar-refractivity contribution is 9.10. The maximum absolute atomic E-state index is 3.89. The average Bonchev–Trinajstić information content (AvgIpc) is 3.16. The maximum atomic E-state index is 3.89. The fourth-order valence-electron chi connectivity index (χ4n) is 4.52. The Morgan fingerprint density at radius 2 is 1.96 bits per heavy atom. The van der Waals surface area contributed by atoms with Gasteiger partial charge >= 0.3 is 0 Å². The van der Waals surface area contributed by atoms with Crippen LogP contribution in [0.25, 0.3) is 21.3 Å². The van der Waals surface area contributed by atoms with Gasteiger partial charge in [0.05, 0.1) is 0 Å². The number of hydrogen-bond acceptors (Lipinski definition) is 1. The standard InChI is InChI=1S/C23H21BrS/c1-14-13-20-18-9-8-15-5-2-3-6-16(15)17(18)10-11-19(20)22(23(14)24)21-7-4-12-25-21/h3,6-7,10-11,13H,2,4-5,8-9,12H2,1H3. The van der Waals surface area contributed by atoms with Gasteiger partial charge in [-0.15, -0.1) is 11.8 Å². The zero-order valence-electron chi connectivity index (χ0n) is 14.5. The Labute approximate surface area is 162 Å². The molecule has 0 amide bonds. The Kier molecular flexibility index (Phi) is 3.94. The van der Waals surface area contributed by atoms with E-state index in [1.165, 1.54) is 80.3 Å². The van der Waals surface area contributed by atoms with Gasteiger partial charge in [-0.2, -0.15) is 0 Å². The van der Waals surface area contributed by atoms with Crippen molar-refractivity contribution in [1.82, 2.24) is 0 Å². The van der Waals surface area contributed by atoms with Crippen LogP contribution in [0, 0.1) is 6.92 Å². The van der Waals surface area contributed by atoms with Gasteiger partial charge in [0.1, 0.15) is 0 Å². The van der Waals surface area contributed by atoms with E-state index in [0.29, 0.717) is 0 Å². The first kappa shape index (κ1) is 16.0. The molecule has 0 unspecified atom stereocenters. The van der Waals surface area contributed by atoms with Gasteiger partial charge in [0, 0.05) is 20.7 Å². The SMILES string of the molecule is Cc1cc2c3c(ccc2c(C2=CCCS2)c1Br)C1=C(CCC=C1)CC3. The van der Waals surface area contributed by atoms with Crippen LogP contribution >= 0.6 is 27.7 Å². The quantitative estimate of drug-likeness (QED) is 0.472. The molecule has 2 aromatic rings. The molecule has 25 heavy (non-hydrogen) atoms. The van der Waals surface area contributed by atoms with Crippen molar-refractivity contribution in [3.63, 3.8) is 0 Å². The van der Waals surface area contributed by atoms with Crippen LogP contribution in [0.15, 0.2) is 46.5 Å². The van der Waals surface area contributed by atoms with Gasteiger partial charge in [-0.05, 0) is 94.1 Å². The van der Waals surface area contributed by atoms with Crippen LogP contribution in [-0.4, -0.2) is 5.75 Å². The maximum Gasteiger partial charge on any atom is 0.0294 e. The van der Waals surface area contributed by atoms with Crippen LogP contribution in [0.1, 0.15) is 47.9 Å². The fraction of sp³-hybridized carbons (Fsp3) is 0.304. The first-order valence-electron chi connectivity index (χ1n) is 9.21. The average molecular weight is 409 g/mol. The van der Waals surface area contributed by atoms with Crippen molar-refractivity contribution in [2.45, 2.75) is 39.0 Å². The van der Waals surface area contributed by atoms with E-state index >= 15 is 0 Å². The lowest BCUT2D eigenvalue weighted by atomic mass is 9.79. The smallest absolute Gasteiger partial charge is 0.0294 e. The van der Waals surface area contributed by atoms with E-state index in [1.807, 2.05) is 11.8 Å². The fourth-order valence-corrected chi connectivity index (χ4v) is 6.25. The van der Waals surface area contributed by atoms with Gasteiger partial charge in [-0.25, -0.2) is 0 Å². The lowest BCUT2D eigenvalue weighted by Gasteiger charge is -2.26. The van der Waals surface area contributed by atoms with Gasteiger partial charge in [0.15, 0.2) is 0 Å². The van der Waals surface area contributed by atoms with Crippen LogP contribution in [0.4, 0.5) is 0 Å². The summed E-state index contributed by atoms with van der Waals surface area (Å²) in [6, 6.07) is 7.15. The third-order valence-corrected chi connectivity index (χ3v) is 7.89. The van der Waals surface area contributed by atoms with E-state index in [2.05, 4.69) is 59.3 Å². The minimum Gasteiger partial charge on any atom is -0.125 e. The summed E-state index contributed by atoms with van der Waals surface area (Å²) in [7, 11) is 0. The zero-order valence-corrected chi connectivity index (χ0v) is 16.9. The number of fused-ring (bicyclic) bond motifs is 4. The first-order chi connectivity index (χ1) is 12.2. The monoisotopic (exact) mass is 408 g/mol. The Balaban J connectivity index is 1.81. The van der Waals surface area contributed by atoms with Gasteiger partial charge in [0.2, 0.25) is 0 Å². The van der Waals surface area contributed by atoms with E-state index < -0.39 is 0 Å². The van der Waals surface area contributed by atoms with E-state index in [0.717, 1.165) is 0 Å². The molecule has 1 heterocycles. The number of halogens is 1. The summed E-state index contributed by atoms with van der Waals surface area (Å²) in [5.74, 6) is 1.21. The number of hydrogen-bond donors (Lipinski definition) is 0. The van der Waals surface area contributed by atoms with E-state index in [4.69, 9.17) is 0 Å². The second-order valence-corrected chi connectivity index (χ2v) is 9.16. The molecule has 0 atom stereocenters. The lowest BCUT2D eigenvalue weighted by Crippen LogP contribution is -2.07. The molecule has 1 aliphatic heterocycles. The molecule has 0 N–H and O–H groups in total. The molecule has 126 valence electrons. The van der Waals surface area contributed by atoms with Crippen molar-refractivity contribution < 1.29 is 0 Å². The molecular weight excluding hydrogens is 388 g/mol. The summed E-state index contributed by atoms with van der Waals surface area (Å²) < 4.78 is 1.27. The lowest BCUT2D eigenvalue weighted by molar-refractivity contribution is 0.831. The van der Waals surface area contributed by atoms with Crippen LogP contribution in [0.3, 0.4) is 0 Å². The second-order valence-electron chi connectivity index (χ2n) is 7.23. The molecule has 0 spiro atoms. The largest absolute Gasteiger partial charge is 0.125 e. The molecule has 0 aromatic heterocycles. The highest BCUT2D eigenvalue weighted by atomic mass is 79.9. The van der Waals surface area contributed by atoms with Crippen molar-refractivity contribution in [3.8, 4) is 0 Å². The number of allylic oxidation sites excluding steroid dienone is 5. The normalized spacial score (nSPS) is 19.2. The number of thioether (sulfide) groups is 1. The van der Waals surface area contributed by atoms with Crippen LogP contribution in [-0.2, 0) is 6.42 Å². The van der Waals surface area contributed by atoms with Crippen molar-refractivity contribution >= 4 is 48.9 Å². The molecule has 5 rings (SSSR count). The highest BCUT2D eigenvalue weighted by Crippen LogP contribution is 2.46. The summed E-state index contributed by atoms with van der Waals surface area (Å²) in [5, 5.41) is 2.88. The van der Waals surface area contributed by atoms with Gasteiger partial charge < -0.3 is 0 Å². The molecular formula is C23H21BrS. The van der Waals surface area contributed by atoms with Crippen molar-refractivity contribution in [3.05, 3.63) is 68.7 Å². The molecule has 2 aliphatic carbocycles. The van der Waals surface area contributed by atoms with Gasteiger partial charge in [-0.3, -0.25) is 0 Å². The highest BCUT2D eigenvalue weighted by Gasteiger charge is 2.23. The van der Waals surface area contributed by atoms with Crippen molar-refractivity contribution in [1.29, 1.82) is 0 Å². The summed E-state index contributed by atoms with van der Waals surface area (Å²) in [6.07, 6.45) is 13.2. The molecule has 0 saturated heterocycles. The Morgan fingerprint density at radius 3 is 2.80 bits per heavy atom. The predicted octanol–water partition coefficient (Wildman–Crippen LogP) is 7.44. The molecule has 0 radical (unpaired) electrons. The summed E-state index contributed by atoms with van der Waals surface area (Å²) >= 11 is 5.89. The Bertz CT molecular complexity index is 991. The van der Waals surface area contributed by atoms with Gasteiger partial charge in [-0.1, -0.05) is 35.9 Å². The predicted molar refractivity (Wildman–Crippen MR) is 115 cm³/mol. The van der Waals surface area contributed by atoms with Crippen molar-refractivity contribution in [2.24, 2.45) is 0 Å². The third kappa shape index (κ3) is 2.49. The van der Waals surface area contributed by atoms with Crippen LogP contribution in [0.5, 0.6) is 0 Å². The minimum absolute atomic E-state index is 1.19. The van der Waals surface area contributed by atoms with E-state index in [1.54, 1.807) is 11.1 Å². The number of rotatable bonds is 1. The second kappa shape index (κ2) is 6.17. The summed E-state index contributed by atoms with van der Waals surface area (Å²) in [4.78, 5) is 1.45. The molecule has 0 fully saturated rings. The molecule has 3 aliphatic rings.